The predicted octanol–water partition coefficient (Wildman–Crippen LogP) is 0.631. The van der Waals surface area contributed by atoms with E-state index in [4.69, 9.17) is 40.1 Å². The number of hydrogen-bond donors (Lipinski definition) is 11. The third-order valence-electron chi connectivity index (χ3n) is 9.12. The average Bonchev–Trinajstić information content (AvgIpc) is 3.16. The van der Waals surface area contributed by atoms with E-state index in [1.165, 1.54) is 38.5 Å². The molecule has 0 radical (unpaired) electrons. The second kappa shape index (κ2) is 35.1. The number of primary amides is 1. The van der Waals surface area contributed by atoms with Crippen LogP contribution in [-0.2, 0) is 24.0 Å². The van der Waals surface area contributed by atoms with Gasteiger partial charge in [-0.25, -0.2) is 0 Å². The lowest BCUT2D eigenvalue weighted by molar-refractivity contribution is -0.133. The number of allylic oxidation sites excluding steroid dienone is 2. The summed E-state index contributed by atoms with van der Waals surface area (Å²) >= 11 is 0. The lowest BCUT2D eigenvalue weighted by atomic mass is 10.1. The summed E-state index contributed by atoms with van der Waals surface area (Å²) in [6.45, 7) is 2.90. The molecule has 0 unspecified atom stereocenters. The zero-order valence-electron chi connectivity index (χ0n) is 35.0. The smallest absolute Gasteiger partial charge is 0.243 e. The van der Waals surface area contributed by atoms with Crippen LogP contribution >= 0.6 is 0 Å². The zero-order chi connectivity index (χ0) is 43.4. The number of carbonyl (C=O) groups excluding carboxylic acids is 5. The fourth-order valence-corrected chi connectivity index (χ4v) is 5.91. The van der Waals surface area contributed by atoms with Crippen LogP contribution in [0, 0.1) is 0 Å². The van der Waals surface area contributed by atoms with E-state index in [1.54, 1.807) is 0 Å². The van der Waals surface area contributed by atoms with Crippen LogP contribution in [0.4, 0.5) is 0 Å². The van der Waals surface area contributed by atoms with E-state index in [-0.39, 0.29) is 75.6 Å². The molecule has 0 fully saturated rings. The van der Waals surface area contributed by atoms with Gasteiger partial charge in [0.25, 0.3) is 0 Å². The highest BCUT2D eigenvalue weighted by atomic mass is 16.2. The van der Waals surface area contributed by atoms with Gasteiger partial charge < -0.3 is 61.4 Å². The van der Waals surface area contributed by atoms with Gasteiger partial charge in [-0.05, 0) is 70.6 Å². The molecule has 19 nitrogen and oxygen atoms in total. The molecule has 19 heteroatoms. The van der Waals surface area contributed by atoms with Crippen molar-refractivity contribution in [3.8, 4) is 0 Å². The second-order valence-electron chi connectivity index (χ2n) is 14.4. The van der Waals surface area contributed by atoms with Crippen molar-refractivity contribution in [2.75, 3.05) is 26.2 Å². The van der Waals surface area contributed by atoms with Gasteiger partial charge >= 0.3 is 0 Å². The Balaban J connectivity index is 5.07. The molecular weight excluding hydrogens is 745 g/mol. The number of rotatable bonds is 36. The molecule has 0 rings (SSSR count). The van der Waals surface area contributed by atoms with E-state index >= 15 is 0 Å². The maximum atomic E-state index is 13.6. The minimum absolute atomic E-state index is 0.0711. The van der Waals surface area contributed by atoms with Crippen LogP contribution in [0.15, 0.2) is 27.1 Å². The van der Waals surface area contributed by atoms with Crippen LogP contribution in [-0.4, -0.2) is 91.7 Å². The predicted molar refractivity (Wildman–Crippen MR) is 232 cm³/mol. The second-order valence-corrected chi connectivity index (χ2v) is 14.4. The van der Waals surface area contributed by atoms with Crippen LogP contribution in [0.3, 0.4) is 0 Å². The van der Waals surface area contributed by atoms with E-state index in [9.17, 15) is 24.0 Å². The Hall–Kier alpha value is -5.10. The number of hydrogen-bond acceptors (Lipinski definition) is 8. The van der Waals surface area contributed by atoms with Gasteiger partial charge in [0.2, 0.25) is 29.5 Å². The first kappa shape index (κ1) is 52.9. The van der Waals surface area contributed by atoms with Gasteiger partial charge in [-0.1, -0.05) is 70.4 Å². The molecule has 5 amide bonds. The highest BCUT2D eigenvalue weighted by Gasteiger charge is 2.29. The highest BCUT2D eigenvalue weighted by Crippen LogP contribution is 2.11. The molecular formula is C39H76N14O5. The molecule has 0 spiro atoms. The Morgan fingerprint density at radius 2 is 0.897 bits per heavy atom. The molecule has 0 aliphatic carbocycles. The van der Waals surface area contributed by atoms with Crippen LogP contribution in [0.25, 0.3) is 0 Å². The summed E-state index contributed by atoms with van der Waals surface area (Å²) in [6, 6.07) is -3.29. The fraction of sp³-hybridized carbons (Fsp3) is 0.744. The molecule has 0 aromatic heterocycles. The van der Waals surface area contributed by atoms with Crippen LogP contribution in [0.5, 0.6) is 0 Å². The number of unbranched alkanes of at least 4 members (excludes halogenated alkanes) is 11. The van der Waals surface area contributed by atoms with Crippen molar-refractivity contribution in [3.05, 3.63) is 12.2 Å². The standard InChI is InChI=1S/C39H76N14O5/c1-2-3-4-5-6-7-8-9-10-11-12-13-14-15-16-23-32(54)47-28-24-33(55)51-30(21-18-26-49-38(43)44)35(57)53-31(22-19-27-50-39(45)46)36(58)52-29(34(40)56)20-17-25-48-37(41)42/h9-10,29-31H,2-8,11-28H2,1H3,(H2,40,56)(H,47,54)(H,51,55)(H,52,58)(H,53,57)(H4,41,42,48)(H4,43,44,49)(H4,45,46,50)/b10-9-/t29-,30-,31-/m0/s1. The third kappa shape index (κ3) is 32.0. The molecule has 0 saturated heterocycles. The molecule has 332 valence electrons. The van der Waals surface area contributed by atoms with Crippen LogP contribution < -0.4 is 61.4 Å². The lowest BCUT2D eigenvalue weighted by Gasteiger charge is -2.25. The summed E-state index contributed by atoms with van der Waals surface area (Å²) in [5.74, 6) is -3.11. The molecule has 0 aliphatic rings. The van der Waals surface area contributed by atoms with Crippen molar-refractivity contribution in [1.29, 1.82) is 0 Å². The third-order valence-corrected chi connectivity index (χ3v) is 9.12. The number of nitrogens with one attached hydrogen (secondary N) is 4. The van der Waals surface area contributed by atoms with Crippen molar-refractivity contribution in [3.63, 3.8) is 0 Å². The Labute approximate surface area is 345 Å². The van der Waals surface area contributed by atoms with Gasteiger partial charge in [0.05, 0.1) is 0 Å². The van der Waals surface area contributed by atoms with E-state index in [1.807, 2.05) is 0 Å². The molecule has 0 aliphatic heterocycles. The molecule has 0 aromatic carbocycles. The first-order valence-electron chi connectivity index (χ1n) is 21.0. The Morgan fingerprint density at radius 3 is 1.36 bits per heavy atom. The first-order valence-corrected chi connectivity index (χ1v) is 21.0. The number of amides is 5. The van der Waals surface area contributed by atoms with Crippen LogP contribution in [0.1, 0.15) is 142 Å². The Kier molecular flexibility index (Phi) is 32.0. The largest absolute Gasteiger partial charge is 0.370 e. The molecule has 0 aromatic rings. The monoisotopic (exact) mass is 821 g/mol. The van der Waals surface area contributed by atoms with E-state index < -0.39 is 41.8 Å². The minimum Gasteiger partial charge on any atom is -0.370 e. The van der Waals surface area contributed by atoms with Crippen molar-refractivity contribution in [2.45, 2.75) is 160 Å². The lowest BCUT2D eigenvalue weighted by Crippen LogP contribution is -2.56. The minimum atomic E-state index is -1.14. The molecule has 18 N–H and O–H groups in total. The summed E-state index contributed by atoms with van der Waals surface area (Å²) < 4.78 is 0. The molecule has 3 atom stereocenters. The number of nitrogens with two attached hydrogens (primary N) is 7. The average molecular weight is 821 g/mol. The fourth-order valence-electron chi connectivity index (χ4n) is 5.91. The van der Waals surface area contributed by atoms with E-state index in [2.05, 4.69) is 55.3 Å². The van der Waals surface area contributed by atoms with E-state index in [0.29, 0.717) is 25.7 Å². The topological polar surface area (TPSA) is 353 Å². The summed E-state index contributed by atoms with van der Waals surface area (Å²) in [7, 11) is 0. The van der Waals surface area contributed by atoms with Crippen molar-refractivity contribution >= 4 is 47.4 Å². The van der Waals surface area contributed by atoms with Crippen molar-refractivity contribution < 1.29 is 24.0 Å². The summed E-state index contributed by atoms with van der Waals surface area (Å²) in [6.07, 6.45) is 21.4. The summed E-state index contributed by atoms with van der Waals surface area (Å²) in [5, 5.41) is 10.7. The summed E-state index contributed by atoms with van der Waals surface area (Å²) in [4.78, 5) is 76.2. The van der Waals surface area contributed by atoms with Gasteiger partial charge in [0, 0.05) is 39.0 Å². The number of carbonyl (C=O) groups is 5. The Morgan fingerprint density at radius 1 is 0.483 bits per heavy atom. The van der Waals surface area contributed by atoms with Gasteiger partial charge in [-0.2, -0.15) is 0 Å². The quantitative estimate of drug-likeness (QED) is 0.0180. The van der Waals surface area contributed by atoms with Gasteiger partial charge in [0.1, 0.15) is 18.1 Å². The normalized spacial score (nSPS) is 12.4. The first-order chi connectivity index (χ1) is 27.8. The number of aliphatic imine (C=N–C) groups is 3. The Bertz CT molecular complexity index is 1300. The zero-order valence-corrected chi connectivity index (χ0v) is 35.0. The molecule has 58 heavy (non-hydrogen) atoms. The van der Waals surface area contributed by atoms with E-state index in [0.717, 1.165) is 44.9 Å². The van der Waals surface area contributed by atoms with Gasteiger partial charge in [-0.3, -0.25) is 38.9 Å². The molecule has 0 heterocycles. The van der Waals surface area contributed by atoms with Crippen molar-refractivity contribution in [2.24, 2.45) is 55.1 Å². The number of nitrogens with zero attached hydrogens (tertiary/aromatic N) is 3. The van der Waals surface area contributed by atoms with Gasteiger partial charge in [-0.15, -0.1) is 0 Å². The van der Waals surface area contributed by atoms with Crippen LogP contribution in [0.2, 0.25) is 0 Å². The maximum absolute atomic E-state index is 13.6. The highest BCUT2D eigenvalue weighted by molar-refractivity contribution is 5.94. The van der Waals surface area contributed by atoms with Crippen molar-refractivity contribution in [1.82, 2.24) is 21.3 Å². The summed E-state index contributed by atoms with van der Waals surface area (Å²) in [5.41, 5.74) is 37.9. The SMILES string of the molecule is CCCCCCCC/C=C\CCCCCCCC(=O)NCCC(=O)N[C@@H](CCCN=C(N)N)C(=O)N[C@@H](CCCN=C(N)N)C(=O)N[C@@H](CCCN=C(N)N)C(N)=O. The van der Waals surface area contributed by atoms with Gasteiger partial charge in [0.15, 0.2) is 17.9 Å². The maximum Gasteiger partial charge on any atom is 0.243 e. The number of guanidine groups is 3. The molecule has 0 bridgehead atoms. The molecule has 0 saturated carbocycles.